The fourth-order valence-corrected chi connectivity index (χ4v) is 2.70. The fourth-order valence-electron chi connectivity index (χ4n) is 2.70. The molecular weight excluding hydrogens is 214 g/mol. The Morgan fingerprint density at radius 1 is 1.29 bits per heavy atom. The first-order valence-corrected chi connectivity index (χ1v) is 6.43. The van der Waals surface area contributed by atoms with Crippen molar-refractivity contribution in [2.75, 3.05) is 19.8 Å². The van der Waals surface area contributed by atoms with E-state index < -0.39 is 0 Å². The minimum absolute atomic E-state index is 0.102. The SMILES string of the molecule is NC(c1ccc2c(c1)CCCO2)C1CCOC1. The molecule has 1 fully saturated rings. The second-order valence-electron chi connectivity index (χ2n) is 4.97. The van der Waals surface area contributed by atoms with Gasteiger partial charge in [0.1, 0.15) is 5.75 Å². The number of ether oxygens (including phenoxy) is 2. The molecule has 2 unspecified atom stereocenters. The molecule has 0 saturated carbocycles. The van der Waals surface area contributed by atoms with Crippen molar-refractivity contribution in [1.82, 2.24) is 0 Å². The summed E-state index contributed by atoms with van der Waals surface area (Å²) < 4.78 is 11.0. The third-order valence-electron chi connectivity index (χ3n) is 3.79. The van der Waals surface area contributed by atoms with E-state index in [1.807, 2.05) is 0 Å². The summed E-state index contributed by atoms with van der Waals surface area (Å²) in [5, 5.41) is 0. The van der Waals surface area contributed by atoms with Crippen LogP contribution in [0.4, 0.5) is 0 Å². The molecule has 2 aliphatic rings. The summed E-state index contributed by atoms with van der Waals surface area (Å²) in [6.45, 7) is 2.50. The molecular formula is C14H19NO2. The smallest absolute Gasteiger partial charge is 0.122 e. The van der Waals surface area contributed by atoms with Crippen LogP contribution < -0.4 is 10.5 Å². The van der Waals surface area contributed by atoms with E-state index in [0.29, 0.717) is 5.92 Å². The lowest BCUT2D eigenvalue weighted by Crippen LogP contribution is -2.22. The van der Waals surface area contributed by atoms with Crippen LogP contribution in [0.1, 0.15) is 30.0 Å². The van der Waals surface area contributed by atoms with Gasteiger partial charge in [-0.05, 0) is 36.5 Å². The highest BCUT2D eigenvalue weighted by Gasteiger charge is 2.24. The van der Waals surface area contributed by atoms with Crippen LogP contribution in [-0.2, 0) is 11.2 Å². The van der Waals surface area contributed by atoms with Crippen LogP contribution in [-0.4, -0.2) is 19.8 Å². The molecule has 0 spiro atoms. The summed E-state index contributed by atoms with van der Waals surface area (Å²) >= 11 is 0. The van der Waals surface area contributed by atoms with E-state index in [9.17, 15) is 0 Å². The Kier molecular flexibility index (Phi) is 3.04. The first-order valence-electron chi connectivity index (χ1n) is 6.43. The molecule has 1 aromatic carbocycles. The zero-order valence-corrected chi connectivity index (χ0v) is 10.0. The van der Waals surface area contributed by atoms with Gasteiger partial charge < -0.3 is 15.2 Å². The monoisotopic (exact) mass is 233 g/mol. The van der Waals surface area contributed by atoms with E-state index in [4.69, 9.17) is 15.2 Å². The van der Waals surface area contributed by atoms with Crippen LogP contribution in [0.2, 0.25) is 0 Å². The minimum atomic E-state index is 0.102. The highest BCUT2D eigenvalue weighted by Crippen LogP contribution is 2.31. The van der Waals surface area contributed by atoms with Gasteiger partial charge in [0.25, 0.3) is 0 Å². The van der Waals surface area contributed by atoms with Crippen molar-refractivity contribution in [3.8, 4) is 5.75 Å². The van der Waals surface area contributed by atoms with Crippen molar-refractivity contribution < 1.29 is 9.47 Å². The molecule has 0 aromatic heterocycles. The maximum absolute atomic E-state index is 6.31. The standard InChI is InChI=1S/C14H19NO2/c15-14(12-5-7-16-9-12)11-3-4-13-10(8-11)2-1-6-17-13/h3-4,8,12,14H,1-2,5-7,9,15H2. The minimum Gasteiger partial charge on any atom is -0.493 e. The molecule has 0 aliphatic carbocycles. The predicted octanol–water partition coefficient (Wildman–Crippen LogP) is 2.05. The van der Waals surface area contributed by atoms with E-state index in [1.54, 1.807) is 0 Å². The molecule has 0 amide bonds. The lowest BCUT2D eigenvalue weighted by atomic mass is 9.91. The average molecular weight is 233 g/mol. The summed E-state index contributed by atoms with van der Waals surface area (Å²) in [5.41, 5.74) is 8.85. The van der Waals surface area contributed by atoms with E-state index >= 15 is 0 Å². The molecule has 0 bridgehead atoms. The topological polar surface area (TPSA) is 44.5 Å². The van der Waals surface area contributed by atoms with Crippen molar-refractivity contribution in [2.45, 2.75) is 25.3 Å². The fraction of sp³-hybridized carbons (Fsp3) is 0.571. The lowest BCUT2D eigenvalue weighted by molar-refractivity contribution is 0.181. The first-order chi connectivity index (χ1) is 8.34. The second-order valence-corrected chi connectivity index (χ2v) is 4.97. The quantitative estimate of drug-likeness (QED) is 0.850. The van der Waals surface area contributed by atoms with Gasteiger partial charge in [-0.15, -0.1) is 0 Å². The van der Waals surface area contributed by atoms with Crippen LogP contribution in [0.15, 0.2) is 18.2 Å². The van der Waals surface area contributed by atoms with Crippen LogP contribution in [0.3, 0.4) is 0 Å². The highest BCUT2D eigenvalue weighted by molar-refractivity contribution is 5.39. The summed E-state index contributed by atoms with van der Waals surface area (Å²) in [5.74, 6) is 1.51. The average Bonchev–Trinajstić information content (AvgIpc) is 2.91. The van der Waals surface area contributed by atoms with Crippen molar-refractivity contribution in [1.29, 1.82) is 0 Å². The van der Waals surface area contributed by atoms with Gasteiger partial charge in [0.05, 0.1) is 13.2 Å². The molecule has 2 atom stereocenters. The Morgan fingerprint density at radius 3 is 3.06 bits per heavy atom. The van der Waals surface area contributed by atoms with Crippen LogP contribution in [0.25, 0.3) is 0 Å². The highest BCUT2D eigenvalue weighted by atomic mass is 16.5. The normalized spacial score (nSPS) is 25.1. The Hall–Kier alpha value is -1.06. The van der Waals surface area contributed by atoms with E-state index in [2.05, 4.69) is 18.2 Å². The lowest BCUT2D eigenvalue weighted by Gasteiger charge is -2.22. The molecule has 92 valence electrons. The maximum Gasteiger partial charge on any atom is 0.122 e. The number of hydrogen-bond donors (Lipinski definition) is 1. The summed E-state index contributed by atoms with van der Waals surface area (Å²) in [6, 6.07) is 6.49. The Labute approximate surface area is 102 Å². The molecule has 0 radical (unpaired) electrons. The molecule has 1 aromatic rings. The largest absolute Gasteiger partial charge is 0.493 e. The predicted molar refractivity (Wildman–Crippen MR) is 66.1 cm³/mol. The Balaban J connectivity index is 1.82. The number of aryl methyl sites for hydroxylation is 1. The summed E-state index contributed by atoms with van der Waals surface area (Å²) in [6.07, 6.45) is 3.30. The second kappa shape index (κ2) is 4.67. The van der Waals surface area contributed by atoms with E-state index in [1.165, 1.54) is 11.1 Å². The van der Waals surface area contributed by atoms with Gasteiger partial charge in [-0.1, -0.05) is 12.1 Å². The molecule has 3 rings (SSSR count). The molecule has 3 heteroatoms. The van der Waals surface area contributed by atoms with Crippen molar-refractivity contribution in [3.05, 3.63) is 29.3 Å². The first kappa shape index (κ1) is 11.1. The third kappa shape index (κ3) is 2.17. The molecule has 2 N–H and O–H groups in total. The molecule has 1 saturated heterocycles. The van der Waals surface area contributed by atoms with Crippen LogP contribution >= 0.6 is 0 Å². The van der Waals surface area contributed by atoms with Gasteiger partial charge in [-0.25, -0.2) is 0 Å². The number of hydrogen-bond acceptors (Lipinski definition) is 3. The summed E-state index contributed by atoms with van der Waals surface area (Å²) in [4.78, 5) is 0. The molecule has 3 nitrogen and oxygen atoms in total. The maximum atomic E-state index is 6.31. The Morgan fingerprint density at radius 2 is 2.24 bits per heavy atom. The van der Waals surface area contributed by atoms with Gasteiger partial charge in [0, 0.05) is 18.6 Å². The zero-order valence-electron chi connectivity index (χ0n) is 10.0. The number of nitrogens with two attached hydrogens (primary N) is 1. The number of rotatable bonds is 2. The van der Waals surface area contributed by atoms with Crippen molar-refractivity contribution in [2.24, 2.45) is 11.7 Å². The third-order valence-corrected chi connectivity index (χ3v) is 3.79. The van der Waals surface area contributed by atoms with E-state index in [0.717, 1.165) is 44.8 Å². The molecule has 2 aliphatic heterocycles. The number of fused-ring (bicyclic) bond motifs is 1. The van der Waals surface area contributed by atoms with Crippen LogP contribution in [0, 0.1) is 5.92 Å². The summed E-state index contributed by atoms with van der Waals surface area (Å²) in [7, 11) is 0. The molecule has 2 heterocycles. The Bertz CT molecular complexity index is 399. The number of benzene rings is 1. The zero-order chi connectivity index (χ0) is 11.7. The van der Waals surface area contributed by atoms with Crippen molar-refractivity contribution in [3.63, 3.8) is 0 Å². The van der Waals surface area contributed by atoms with Crippen LogP contribution in [0.5, 0.6) is 5.75 Å². The van der Waals surface area contributed by atoms with Gasteiger partial charge in [-0.2, -0.15) is 0 Å². The van der Waals surface area contributed by atoms with Gasteiger partial charge in [0.15, 0.2) is 0 Å². The molecule has 17 heavy (non-hydrogen) atoms. The van der Waals surface area contributed by atoms with Crippen molar-refractivity contribution >= 4 is 0 Å². The van der Waals surface area contributed by atoms with Gasteiger partial charge in [-0.3, -0.25) is 0 Å². The van der Waals surface area contributed by atoms with Gasteiger partial charge >= 0.3 is 0 Å². The van der Waals surface area contributed by atoms with Gasteiger partial charge in [0.2, 0.25) is 0 Å². The van der Waals surface area contributed by atoms with E-state index in [-0.39, 0.29) is 6.04 Å².